The van der Waals surface area contributed by atoms with Crippen LogP contribution in [0, 0.1) is 0 Å². The molecule has 1 amide bonds. The Kier molecular flexibility index (Phi) is 5.02. The second-order valence-electron chi connectivity index (χ2n) is 8.91. The number of rotatable bonds is 3. The van der Waals surface area contributed by atoms with Gasteiger partial charge in [0.2, 0.25) is 5.91 Å². The average Bonchev–Trinajstić information content (AvgIpc) is 3.42. The monoisotopic (exact) mass is 442 g/mol. The van der Waals surface area contributed by atoms with E-state index in [1.807, 2.05) is 28.4 Å². The van der Waals surface area contributed by atoms with E-state index in [1.54, 1.807) is 0 Å². The van der Waals surface area contributed by atoms with Crippen molar-refractivity contribution in [1.82, 2.24) is 19.7 Å². The number of hydrogen-bond acceptors (Lipinski definition) is 4. The summed E-state index contributed by atoms with van der Waals surface area (Å²) in [6, 6.07) is 16.8. The lowest BCUT2D eigenvalue weighted by molar-refractivity contribution is -0.131. The van der Waals surface area contributed by atoms with E-state index in [9.17, 15) is 4.79 Å². The van der Waals surface area contributed by atoms with Crippen molar-refractivity contribution in [3.05, 3.63) is 70.2 Å². The number of hydrogen-bond donors (Lipinski definition) is 0. The van der Waals surface area contributed by atoms with E-state index < -0.39 is 0 Å². The topological polar surface area (TPSA) is 51.0 Å². The number of amides is 1. The van der Waals surface area contributed by atoms with Gasteiger partial charge in [0.25, 0.3) is 0 Å². The first kappa shape index (κ1) is 19.7. The van der Waals surface area contributed by atoms with Gasteiger partial charge in [-0.05, 0) is 53.5 Å². The molecule has 0 aliphatic carbocycles. The van der Waals surface area contributed by atoms with E-state index in [0.29, 0.717) is 12.3 Å². The lowest BCUT2D eigenvalue weighted by Crippen LogP contribution is -2.39. The van der Waals surface area contributed by atoms with Crippen LogP contribution >= 0.6 is 11.3 Å². The van der Waals surface area contributed by atoms with Gasteiger partial charge < -0.3 is 9.47 Å². The molecule has 0 bridgehead atoms. The SMILES string of the molecule is O=C(Cc1ccc2ccccc2c1)N1CCC(c2nnc3n2CCCc2sccc2-3)CC1. The van der Waals surface area contributed by atoms with Gasteiger partial charge in [-0.2, -0.15) is 0 Å². The maximum Gasteiger partial charge on any atom is 0.226 e. The summed E-state index contributed by atoms with van der Waals surface area (Å²) in [7, 11) is 0. The standard InChI is InChI=1S/C26H26N4OS/c31-24(17-18-7-8-19-4-1-2-5-21(19)16-18)29-13-9-20(10-14-29)25-27-28-26-22-11-15-32-23(22)6-3-12-30(25)26/h1-2,4-5,7-8,11,15-16,20H,3,6,9-10,12-14,17H2. The Bertz CT molecular complexity index is 1280. The summed E-state index contributed by atoms with van der Waals surface area (Å²) in [6.07, 6.45) is 4.64. The number of aryl methyl sites for hydroxylation is 1. The number of carbonyl (C=O) groups excluding carboxylic acids is 1. The first-order valence-corrected chi connectivity index (χ1v) is 12.4. The summed E-state index contributed by atoms with van der Waals surface area (Å²) in [5.41, 5.74) is 2.35. The number of aromatic nitrogens is 3. The number of piperidine rings is 1. The molecule has 162 valence electrons. The molecule has 0 radical (unpaired) electrons. The molecular formula is C26H26N4OS. The highest BCUT2D eigenvalue weighted by molar-refractivity contribution is 7.10. The fourth-order valence-electron chi connectivity index (χ4n) is 5.19. The van der Waals surface area contributed by atoms with Crippen LogP contribution in [0.3, 0.4) is 0 Å². The van der Waals surface area contributed by atoms with Crippen molar-refractivity contribution in [2.24, 2.45) is 0 Å². The number of fused-ring (bicyclic) bond motifs is 4. The number of likely N-dealkylation sites (tertiary alicyclic amines) is 1. The number of carbonyl (C=O) groups is 1. The quantitative estimate of drug-likeness (QED) is 0.446. The van der Waals surface area contributed by atoms with E-state index in [-0.39, 0.29) is 5.91 Å². The van der Waals surface area contributed by atoms with E-state index in [4.69, 9.17) is 0 Å². The summed E-state index contributed by atoms with van der Waals surface area (Å²) >= 11 is 1.83. The van der Waals surface area contributed by atoms with Gasteiger partial charge in [0, 0.05) is 36.0 Å². The molecule has 2 aromatic carbocycles. The fraction of sp³-hybridized carbons (Fsp3) is 0.346. The molecule has 2 aliphatic rings. The van der Waals surface area contributed by atoms with Crippen LogP contribution in [-0.2, 0) is 24.2 Å². The van der Waals surface area contributed by atoms with Gasteiger partial charge in [-0.25, -0.2) is 0 Å². The number of thiophene rings is 1. The highest BCUT2D eigenvalue weighted by atomic mass is 32.1. The normalized spacial score (nSPS) is 16.6. The van der Waals surface area contributed by atoms with Crippen LogP contribution in [0.25, 0.3) is 22.2 Å². The number of benzene rings is 2. The Hall–Kier alpha value is -2.99. The van der Waals surface area contributed by atoms with Crippen LogP contribution in [0.15, 0.2) is 53.9 Å². The largest absolute Gasteiger partial charge is 0.342 e. The van der Waals surface area contributed by atoms with E-state index in [2.05, 4.69) is 56.5 Å². The zero-order valence-corrected chi connectivity index (χ0v) is 18.9. The Morgan fingerprint density at radius 3 is 2.72 bits per heavy atom. The minimum atomic E-state index is 0.224. The second-order valence-corrected chi connectivity index (χ2v) is 9.91. The highest BCUT2D eigenvalue weighted by Gasteiger charge is 2.29. The minimum Gasteiger partial charge on any atom is -0.342 e. The van der Waals surface area contributed by atoms with E-state index in [1.165, 1.54) is 21.2 Å². The molecule has 2 aliphatic heterocycles. The summed E-state index contributed by atoms with van der Waals surface area (Å²) in [6.45, 7) is 2.58. The summed E-state index contributed by atoms with van der Waals surface area (Å²) < 4.78 is 2.34. The lowest BCUT2D eigenvalue weighted by atomic mass is 9.95. The van der Waals surface area contributed by atoms with Crippen LogP contribution in [0.5, 0.6) is 0 Å². The third-order valence-corrected chi connectivity index (χ3v) is 7.91. The second kappa shape index (κ2) is 8.17. The lowest BCUT2D eigenvalue weighted by Gasteiger charge is -2.32. The van der Waals surface area contributed by atoms with Gasteiger partial charge >= 0.3 is 0 Å². The first-order valence-electron chi connectivity index (χ1n) is 11.5. The maximum absolute atomic E-state index is 13.0. The summed E-state index contributed by atoms with van der Waals surface area (Å²) in [4.78, 5) is 16.4. The smallest absolute Gasteiger partial charge is 0.226 e. The highest BCUT2D eigenvalue weighted by Crippen LogP contribution is 2.35. The maximum atomic E-state index is 13.0. The van der Waals surface area contributed by atoms with Crippen molar-refractivity contribution in [3.63, 3.8) is 0 Å². The summed E-state index contributed by atoms with van der Waals surface area (Å²) in [5, 5.41) is 13.8. The number of nitrogens with zero attached hydrogens (tertiary/aromatic N) is 4. The molecule has 4 aromatic rings. The molecule has 0 spiro atoms. The van der Waals surface area contributed by atoms with Gasteiger partial charge in [0.15, 0.2) is 5.82 Å². The van der Waals surface area contributed by atoms with Gasteiger partial charge in [-0.3, -0.25) is 4.79 Å². The third kappa shape index (κ3) is 3.52. The van der Waals surface area contributed by atoms with Gasteiger partial charge in [-0.15, -0.1) is 21.5 Å². The Morgan fingerprint density at radius 2 is 1.84 bits per heavy atom. The Labute approximate surface area is 191 Å². The van der Waals surface area contributed by atoms with Crippen LogP contribution in [0.4, 0.5) is 0 Å². The van der Waals surface area contributed by atoms with Crippen molar-refractivity contribution in [2.75, 3.05) is 13.1 Å². The molecule has 5 nitrogen and oxygen atoms in total. The molecular weight excluding hydrogens is 416 g/mol. The third-order valence-electron chi connectivity index (χ3n) is 6.93. The molecule has 0 N–H and O–H groups in total. The predicted molar refractivity (Wildman–Crippen MR) is 128 cm³/mol. The van der Waals surface area contributed by atoms with Crippen molar-refractivity contribution >= 4 is 28.0 Å². The molecule has 6 heteroatoms. The fourth-order valence-corrected chi connectivity index (χ4v) is 6.11. The van der Waals surface area contributed by atoms with Gasteiger partial charge in [0.05, 0.1) is 6.42 Å². The molecule has 0 unspecified atom stereocenters. The van der Waals surface area contributed by atoms with Crippen LogP contribution < -0.4 is 0 Å². The van der Waals surface area contributed by atoms with Crippen LogP contribution in [0.2, 0.25) is 0 Å². The molecule has 0 atom stereocenters. The molecule has 1 fully saturated rings. The molecule has 4 heterocycles. The van der Waals surface area contributed by atoms with Crippen molar-refractivity contribution in [3.8, 4) is 11.4 Å². The zero-order valence-electron chi connectivity index (χ0n) is 18.0. The van der Waals surface area contributed by atoms with Gasteiger partial charge in [-0.1, -0.05) is 42.5 Å². The first-order chi connectivity index (χ1) is 15.8. The average molecular weight is 443 g/mol. The zero-order chi connectivity index (χ0) is 21.5. The van der Waals surface area contributed by atoms with Crippen molar-refractivity contribution < 1.29 is 4.79 Å². The Balaban J connectivity index is 1.13. The molecule has 1 saturated heterocycles. The molecule has 32 heavy (non-hydrogen) atoms. The van der Waals surface area contributed by atoms with Crippen molar-refractivity contribution in [1.29, 1.82) is 0 Å². The van der Waals surface area contributed by atoms with Crippen molar-refractivity contribution in [2.45, 2.75) is 44.6 Å². The predicted octanol–water partition coefficient (Wildman–Crippen LogP) is 5.05. The van der Waals surface area contributed by atoms with E-state index in [0.717, 1.165) is 62.5 Å². The van der Waals surface area contributed by atoms with Crippen LogP contribution in [-0.4, -0.2) is 38.7 Å². The minimum absolute atomic E-state index is 0.224. The van der Waals surface area contributed by atoms with E-state index >= 15 is 0 Å². The van der Waals surface area contributed by atoms with Gasteiger partial charge in [0.1, 0.15) is 5.82 Å². The molecule has 0 saturated carbocycles. The molecule has 6 rings (SSSR count). The molecule has 2 aromatic heterocycles. The Morgan fingerprint density at radius 1 is 1.00 bits per heavy atom. The van der Waals surface area contributed by atoms with Crippen LogP contribution in [0.1, 0.15) is 41.4 Å². The summed E-state index contributed by atoms with van der Waals surface area (Å²) in [5.74, 6) is 2.74.